The van der Waals surface area contributed by atoms with Gasteiger partial charge in [-0.3, -0.25) is 9.59 Å². The highest BCUT2D eigenvalue weighted by molar-refractivity contribution is 5.88. The van der Waals surface area contributed by atoms with E-state index in [4.69, 9.17) is 18.9 Å². The summed E-state index contributed by atoms with van der Waals surface area (Å²) in [6, 6.07) is 4.14. The van der Waals surface area contributed by atoms with Crippen LogP contribution >= 0.6 is 0 Å². The summed E-state index contributed by atoms with van der Waals surface area (Å²) in [6.45, 7) is 0. The van der Waals surface area contributed by atoms with Gasteiger partial charge in [0.25, 0.3) is 11.8 Å². The third-order valence-corrected chi connectivity index (χ3v) is 8.02. The quantitative estimate of drug-likeness (QED) is 0.245. The number of carbonyl (C=O) groups excluding carboxylic acids is 2. The van der Waals surface area contributed by atoms with Crippen molar-refractivity contribution in [2.24, 2.45) is 11.8 Å². The Kier molecular flexibility index (Phi) is 9.59. The average molecular weight is 629 g/mol. The average Bonchev–Trinajstić information content (AvgIpc) is 2.93. The van der Waals surface area contributed by atoms with Gasteiger partial charge in [-0.1, -0.05) is 0 Å². The number of hydrogen-bond donors (Lipinski definition) is 4. The Balaban J connectivity index is 1.74. The van der Waals surface area contributed by atoms with Crippen molar-refractivity contribution < 1.29 is 56.3 Å². The number of carbonyl (C=O) groups is 2. The van der Waals surface area contributed by atoms with Gasteiger partial charge < -0.3 is 39.8 Å². The molecule has 2 aliphatic rings. The van der Waals surface area contributed by atoms with Crippen molar-refractivity contribution in [2.45, 2.75) is 62.5 Å². The van der Waals surface area contributed by atoms with Crippen molar-refractivity contribution in [3.8, 4) is 34.5 Å². The Hall–Kier alpha value is -4.10. The Labute approximate surface area is 251 Å². The van der Waals surface area contributed by atoms with E-state index in [-0.39, 0.29) is 47.3 Å². The molecule has 0 heterocycles. The van der Waals surface area contributed by atoms with E-state index in [0.29, 0.717) is 11.1 Å². The number of phenols is 2. The Bertz CT molecular complexity index is 1220. The molecular formula is C30H36F4N2O8. The first-order valence-electron chi connectivity index (χ1n) is 13.9. The summed E-state index contributed by atoms with van der Waals surface area (Å²) < 4.78 is 75.4. The summed E-state index contributed by atoms with van der Waals surface area (Å²) in [6.07, 6.45) is -2.54. The van der Waals surface area contributed by atoms with Crippen molar-refractivity contribution in [3.05, 3.63) is 35.4 Å². The van der Waals surface area contributed by atoms with Crippen LogP contribution in [0.25, 0.3) is 0 Å². The Morgan fingerprint density at radius 2 is 0.955 bits per heavy atom. The number of nitrogens with one attached hydrogen (secondary N) is 2. The molecule has 0 bridgehead atoms. The molecule has 2 aromatic carbocycles. The minimum atomic E-state index is -2.92. The van der Waals surface area contributed by atoms with Crippen LogP contribution in [0.4, 0.5) is 17.6 Å². The number of rotatable bonds is 13. The zero-order chi connectivity index (χ0) is 32.4. The van der Waals surface area contributed by atoms with Crippen molar-refractivity contribution in [1.82, 2.24) is 10.6 Å². The fraction of sp³-hybridized carbons (Fsp3) is 0.533. The zero-order valence-corrected chi connectivity index (χ0v) is 24.7. The smallest absolute Gasteiger partial charge is 0.252 e. The molecule has 0 aliphatic heterocycles. The second-order valence-corrected chi connectivity index (χ2v) is 11.3. The number of aromatic hydroxyl groups is 2. The minimum Gasteiger partial charge on any atom is -0.502 e. The fourth-order valence-electron chi connectivity index (χ4n) is 5.62. The number of ether oxygens (including phenoxy) is 4. The number of benzene rings is 2. The van der Waals surface area contributed by atoms with Gasteiger partial charge in [-0.05, 0) is 48.2 Å². The van der Waals surface area contributed by atoms with Crippen LogP contribution in [-0.2, 0) is 22.4 Å². The molecule has 2 saturated carbocycles. The first kappa shape index (κ1) is 32.8. The summed E-state index contributed by atoms with van der Waals surface area (Å²) in [5, 5.41) is 26.0. The van der Waals surface area contributed by atoms with E-state index in [9.17, 15) is 37.4 Å². The molecule has 0 unspecified atom stereocenters. The number of methoxy groups -OCH3 is 4. The SMILES string of the molecule is COc1cc(C[C@H](C(=O)NC2CC(F)(F)C2)[C@@H](Cc2cc(OC)c(O)c(OC)c2)C(=O)NC2CC(F)(F)C2)cc(OC)c1O. The summed E-state index contributed by atoms with van der Waals surface area (Å²) in [7, 11) is 5.26. The van der Waals surface area contributed by atoms with E-state index in [1.807, 2.05) is 0 Å². The molecule has 2 amide bonds. The van der Waals surface area contributed by atoms with Crippen LogP contribution in [0.3, 0.4) is 0 Å². The summed E-state index contributed by atoms with van der Waals surface area (Å²) in [4.78, 5) is 27.6. The summed E-state index contributed by atoms with van der Waals surface area (Å²) in [5.74, 6) is -10.1. The maximum atomic E-state index is 13.8. The third kappa shape index (κ3) is 7.33. The number of phenolic OH excluding ortho intramolecular Hbond substituents is 2. The molecule has 4 N–H and O–H groups in total. The molecule has 0 spiro atoms. The second kappa shape index (κ2) is 12.9. The third-order valence-electron chi connectivity index (χ3n) is 8.02. The summed E-state index contributed by atoms with van der Waals surface area (Å²) >= 11 is 0. The van der Waals surface area contributed by atoms with Gasteiger partial charge in [0.05, 0.1) is 40.3 Å². The fourth-order valence-corrected chi connectivity index (χ4v) is 5.62. The molecule has 242 valence electrons. The van der Waals surface area contributed by atoms with Crippen LogP contribution in [0.1, 0.15) is 36.8 Å². The van der Waals surface area contributed by atoms with Gasteiger partial charge in [0.2, 0.25) is 23.3 Å². The maximum absolute atomic E-state index is 13.8. The highest BCUT2D eigenvalue weighted by Crippen LogP contribution is 2.42. The van der Waals surface area contributed by atoms with Crippen molar-refractivity contribution in [3.63, 3.8) is 0 Å². The topological polar surface area (TPSA) is 136 Å². The summed E-state index contributed by atoms with van der Waals surface area (Å²) in [5.41, 5.74) is 0.814. The predicted molar refractivity (Wildman–Crippen MR) is 149 cm³/mol. The van der Waals surface area contributed by atoms with Crippen LogP contribution in [0.15, 0.2) is 24.3 Å². The number of amides is 2. The van der Waals surface area contributed by atoms with Crippen molar-refractivity contribution in [1.29, 1.82) is 0 Å². The number of alkyl halides is 4. The van der Waals surface area contributed by atoms with Crippen LogP contribution < -0.4 is 29.6 Å². The maximum Gasteiger partial charge on any atom is 0.252 e. The molecule has 0 radical (unpaired) electrons. The molecule has 2 fully saturated rings. The van der Waals surface area contributed by atoms with Crippen LogP contribution in [0.2, 0.25) is 0 Å². The van der Waals surface area contributed by atoms with Gasteiger partial charge in [-0.25, -0.2) is 17.6 Å². The van der Waals surface area contributed by atoms with Crippen molar-refractivity contribution in [2.75, 3.05) is 28.4 Å². The molecule has 10 nitrogen and oxygen atoms in total. The molecule has 14 heteroatoms. The van der Waals surface area contributed by atoms with E-state index in [1.54, 1.807) is 0 Å². The zero-order valence-electron chi connectivity index (χ0n) is 24.7. The molecular weight excluding hydrogens is 592 g/mol. The number of halogens is 4. The van der Waals surface area contributed by atoms with Crippen LogP contribution in [0, 0.1) is 11.8 Å². The number of hydrogen-bond acceptors (Lipinski definition) is 8. The van der Waals surface area contributed by atoms with Gasteiger partial charge in [0, 0.05) is 37.8 Å². The first-order chi connectivity index (χ1) is 20.7. The molecule has 44 heavy (non-hydrogen) atoms. The van der Waals surface area contributed by atoms with Gasteiger partial charge in [-0.2, -0.15) is 0 Å². The highest BCUT2D eigenvalue weighted by Gasteiger charge is 2.49. The molecule has 0 aromatic heterocycles. The molecule has 4 rings (SSSR count). The van der Waals surface area contributed by atoms with Crippen LogP contribution in [-0.4, -0.2) is 74.4 Å². The van der Waals surface area contributed by atoms with Gasteiger partial charge >= 0.3 is 0 Å². The van der Waals surface area contributed by atoms with E-state index in [1.165, 1.54) is 52.7 Å². The molecule has 2 aromatic rings. The minimum absolute atomic E-state index is 0.0304. The van der Waals surface area contributed by atoms with Gasteiger partial charge in [-0.15, -0.1) is 0 Å². The van der Waals surface area contributed by atoms with E-state index >= 15 is 0 Å². The Morgan fingerprint density at radius 1 is 0.682 bits per heavy atom. The van der Waals surface area contributed by atoms with E-state index < -0.39 is 73.3 Å². The second-order valence-electron chi connectivity index (χ2n) is 11.3. The molecule has 0 saturated heterocycles. The lowest BCUT2D eigenvalue weighted by atomic mass is 9.79. The van der Waals surface area contributed by atoms with Gasteiger partial charge in [0.15, 0.2) is 23.0 Å². The molecule has 2 aliphatic carbocycles. The van der Waals surface area contributed by atoms with Crippen LogP contribution in [0.5, 0.6) is 34.5 Å². The highest BCUT2D eigenvalue weighted by atomic mass is 19.3. The van der Waals surface area contributed by atoms with Crippen molar-refractivity contribution >= 4 is 11.8 Å². The Morgan fingerprint density at radius 3 is 1.18 bits per heavy atom. The van der Waals surface area contributed by atoms with E-state index in [0.717, 1.165) is 0 Å². The largest absolute Gasteiger partial charge is 0.502 e. The first-order valence-corrected chi connectivity index (χ1v) is 13.9. The van der Waals surface area contributed by atoms with Gasteiger partial charge in [0.1, 0.15) is 0 Å². The monoisotopic (exact) mass is 628 g/mol. The lowest BCUT2D eigenvalue weighted by Crippen LogP contribution is -2.56. The predicted octanol–water partition coefficient (Wildman–Crippen LogP) is 3.98. The lowest BCUT2D eigenvalue weighted by molar-refractivity contribution is -0.142. The standard InChI is InChI=1S/C30H36F4N2O8/c1-41-21-7-15(8-22(42-2)25(21)37)5-19(27(39)35-17-11-29(31,32)12-17)20(28(40)36-18-13-30(33,34)14-18)6-16-9-23(43-3)26(38)24(10-16)44-4/h7-10,17-20,37-38H,5-6,11-14H2,1-4H3,(H,35,39)(H,36,40)/t19-,20+. The normalized spacial score (nSPS) is 18.6. The molecule has 2 atom stereocenters. The van der Waals surface area contributed by atoms with E-state index in [2.05, 4.69) is 10.6 Å². The lowest BCUT2D eigenvalue weighted by Gasteiger charge is -2.38.